The SMILES string of the molecule is O=C(OCC(=O)N1CCC(c2nc3ccccc3o2)CC1)[C@@H]1CC=CCC1. The van der Waals surface area contributed by atoms with Crippen LogP contribution in [0.15, 0.2) is 40.8 Å². The number of likely N-dealkylation sites (tertiary alicyclic amines) is 1. The van der Waals surface area contributed by atoms with Crippen molar-refractivity contribution < 1.29 is 18.7 Å². The number of aromatic nitrogens is 1. The molecule has 2 heterocycles. The lowest BCUT2D eigenvalue weighted by molar-refractivity contribution is -0.156. The Bertz CT molecular complexity index is 816. The summed E-state index contributed by atoms with van der Waals surface area (Å²) in [4.78, 5) is 30.8. The largest absolute Gasteiger partial charge is 0.455 e. The number of hydrogen-bond donors (Lipinski definition) is 0. The van der Waals surface area contributed by atoms with Crippen LogP contribution < -0.4 is 0 Å². The first-order chi connectivity index (χ1) is 13.2. The van der Waals surface area contributed by atoms with Crippen molar-refractivity contribution in [3.05, 3.63) is 42.3 Å². The number of piperidine rings is 1. The normalized spacial score (nSPS) is 20.7. The number of benzene rings is 1. The molecule has 1 aliphatic heterocycles. The molecule has 2 aliphatic rings. The average Bonchev–Trinajstić information content (AvgIpc) is 3.17. The first-order valence-corrected chi connectivity index (χ1v) is 9.65. The van der Waals surface area contributed by atoms with Crippen molar-refractivity contribution in [3.8, 4) is 0 Å². The molecule has 0 unspecified atom stereocenters. The second kappa shape index (κ2) is 7.94. The quantitative estimate of drug-likeness (QED) is 0.611. The molecule has 6 heteroatoms. The minimum atomic E-state index is -0.255. The average molecular weight is 368 g/mol. The zero-order chi connectivity index (χ0) is 18.6. The van der Waals surface area contributed by atoms with Gasteiger partial charge in [0, 0.05) is 19.0 Å². The van der Waals surface area contributed by atoms with E-state index < -0.39 is 0 Å². The standard InChI is InChI=1S/C21H24N2O4/c24-19(14-26-21(25)16-6-2-1-3-7-16)23-12-10-15(11-13-23)20-22-17-8-4-5-9-18(17)27-20/h1-2,4-5,8-9,15-16H,3,6-7,10-14H2/t16-/m1/s1. The number of rotatable bonds is 4. The van der Waals surface area contributed by atoms with Gasteiger partial charge in [-0.15, -0.1) is 0 Å². The van der Waals surface area contributed by atoms with Crippen LogP contribution in [0.5, 0.6) is 0 Å². The van der Waals surface area contributed by atoms with E-state index in [2.05, 4.69) is 11.1 Å². The third-order valence-electron chi connectivity index (χ3n) is 5.45. The van der Waals surface area contributed by atoms with E-state index in [4.69, 9.17) is 9.15 Å². The Balaban J connectivity index is 1.26. The zero-order valence-corrected chi connectivity index (χ0v) is 15.3. The van der Waals surface area contributed by atoms with E-state index in [0.717, 1.165) is 42.7 Å². The number of esters is 1. The van der Waals surface area contributed by atoms with Gasteiger partial charge in [0.2, 0.25) is 0 Å². The molecule has 0 spiro atoms. The Labute approximate surface area is 158 Å². The minimum Gasteiger partial charge on any atom is -0.455 e. The molecular weight excluding hydrogens is 344 g/mol. The van der Waals surface area contributed by atoms with Gasteiger partial charge < -0.3 is 14.1 Å². The number of hydrogen-bond acceptors (Lipinski definition) is 5. The highest BCUT2D eigenvalue weighted by Gasteiger charge is 2.28. The molecule has 1 amide bonds. The summed E-state index contributed by atoms with van der Waals surface area (Å²) in [5.74, 6) is 0.491. The van der Waals surface area contributed by atoms with E-state index in [0.29, 0.717) is 19.5 Å². The number of oxazole rings is 1. The summed E-state index contributed by atoms with van der Waals surface area (Å²) in [5.41, 5.74) is 1.67. The zero-order valence-electron chi connectivity index (χ0n) is 15.3. The number of carbonyl (C=O) groups excluding carboxylic acids is 2. The van der Waals surface area contributed by atoms with Crippen LogP contribution in [0.25, 0.3) is 11.1 Å². The molecule has 1 aromatic heterocycles. The molecule has 0 N–H and O–H groups in total. The number of nitrogens with zero attached hydrogens (tertiary/aromatic N) is 2. The van der Waals surface area contributed by atoms with Gasteiger partial charge in [-0.2, -0.15) is 0 Å². The van der Waals surface area contributed by atoms with Crippen LogP contribution in [0, 0.1) is 5.92 Å². The highest BCUT2D eigenvalue weighted by atomic mass is 16.5. The first-order valence-electron chi connectivity index (χ1n) is 9.65. The Morgan fingerprint density at radius 1 is 1.15 bits per heavy atom. The highest BCUT2D eigenvalue weighted by molar-refractivity contribution is 5.81. The van der Waals surface area contributed by atoms with Crippen molar-refractivity contribution in [3.63, 3.8) is 0 Å². The lowest BCUT2D eigenvalue weighted by Crippen LogP contribution is -2.40. The van der Waals surface area contributed by atoms with Crippen molar-refractivity contribution in [2.24, 2.45) is 5.92 Å². The summed E-state index contributed by atoms with van der Waals surface area (Å²) in [5, 5.41) is 0. The molecule has 1 atom stereocenters. The fourth-order valence-corrected chi connectivity index (χ4v) is 3.79. The lowest BCUT2D eigenvalue weighted by atomic mass is 9.95. The number of ether oxygens (including phenoxy) is 1. The Morgan fingerprint density at radius 2 is 1.96 bits per heavy atom. The summed E-state index contributed by atoms with van der Waals surface area (Å²) in [7, 11) is 0. The summed E-state index contributed by atoms with van der Waals surface area (Å²) in [6.45, 7) is 1.10. The van der Waals surface area contributed by atoms with Crippen LogP contribution in [0.2, 0.25) is 0 Å². The van der Waals surface area contributed by atoms with Crippen LogP contribution in [-0.4, -0.2) is 41.5 Å². The molecule has 6 nitrogen and oxygen atoms in total. The van der Waals surface area contributed by atoms with Crippen LogP contribution in [0.1, 0.15) is 43.9 Å². The van der Waals surface area contributed by atoms with Gasteiger partial charge in [0.15, 0.2) is 18.1 Å². The molecule has 0 bridgehead atoms. The molecule has 1 aromatic carbocycles. The monoisotopic (exact) mass is 368 g/mol. The van der Waals surface area contributed by atoms with E-state index in [1.165, 1.54) is 0 Å². The molecule has 2 aromatic rings. The van der Waals surface area contributed by atoms with Gasteiger partial charge in [-0.1, -0.05) is 24.3 Å². The molecule has 142 valence electrons. The van der Waals surface area contributed by atoms with Crippen molar-refractivity contribution in [1.29, 1.82) is 0 Å². The summed E-state index contributed by atoms with van der Waals surface area (Å²) < 4.78 is 11.1. The summed E-state index contributed by atoms with van der Waals surface area (Å²) >= 11 is 0. The van der Waals surface area contributed by atoms with Gasteiger partial charge in [0.05, 0.1) is 5.92 Å². The summed E-state index contributed by atoms with van der Waals surface area (Å²) in [6.07, 6.45) is 8.11. The highest BCUT2D eigenvalue weighted by Crippen LogP contribution is 2.30. The number of amides is 1. The van der Waals surface area contributed by atoms with Crippen molar-refractivity contribution in [2.75, 3.05) is 19.7 Å². The maximum absolute atomic E-state index is 12.4. The van der Waals surface area contributed by atoms with Crippen molar-refractivity contribution in [2.45, 2.75) is 38.0 Å². The molecule has 1 fully saturated rings. The molecule has 1 saturated heterocycles. The predicted molar refractivity (Wildman–Crippen MR) is 100 cm³/mol. The third kappa shape index (κ3) is 4.04. The Kier molecular flexibility index (Phi) is 5.23. The van der Waals surface area contributed by atoms with Crippen molar-refractivity contribution >= 4 is 23.0 Å². The van der Waals surface area contributed by atoms with Gasteiger partial charge >= 0.3 is 5.97 Å². The lowest BCUT2D eigenvalue weighted by Gasteiger charge is -2.30. The number of allylic oxidation sites excluding steroid dienone is 2. The van der Waals surface area contributed by atoms with Gasteiger partial charge in [0.25, 0.3) is 5.91 Å². The smallest absolute Gasteiger partial charge is 0.309 e. The second-order valence-electron chi connectivity index (χ2n) is 7.26. The predicted octanol–water partition coefficient (Wildman–Crippen LogP) is 3.43. The Morgan fingerprint density at radius 3 is 2.70 bits per heavy atom. The molecule has 0 radical (unpaired) electrons. The fraction of sp³-hybridized carbons (Fsp3) is 0.476. The minimum absolute atomic E-state index is 0.104. The van der Waals surface area contributed by atoms with Crippen LogP contribution in [0.3, 0.4) is 0 Å². The summed E-state index contributed by atoms with van der Waals surface area (Å²) in [6, 6.07) is 7.74. The van der Waals surface area contributed by atoms with Gasteiger partial charge in [-0.05, 0) is 44.2 Å². The van der Waals surface area contributed by atoms with Crippen molar-refractivity contribution in [1.82, 2.24) is 9.88 Å². The molecule has 0 saturated carbocycles. The number of fused-ring (bicyclic) bond motifs is 1. The van der Waals surface area contributed by atoms with Gasteiger partial charge in [-0.25, -0.2) is 4.98 Å². The maximum atomic E-state index is 12.4. The van der Waals surface area contributed by atoms with Crippen LogP contribution >= 0.6 is 0 Å². The number of carbonyl (C=O) groups is 2. The molecular formula is C21H24N2O4. The fourth-order valence-electron chi connectivity index (χ4n) is 3.79. The molecule has 4 rings (SSSR count). The van der Waals surface area contributed by atoms with E-state index in [1.54, 1.807) is 4.90 Å². The molecule has 1 aliphatic carbocycles. The topological polar surface area (TPSA) is 72.6 Å². The van der Waals surface area contributed by atoms with Crippen LogP contribution in [-0.2, 0) is 14.3 Å². The van der Waals surface area contributed by atoms with E-state index in [1.807, 2.05) is 30.3 Å². The Hall–Kier alpha value is -2.63. The van der Waals surface area contributed by atoms with E-state index in [-0.39, 0.29) is 30.3 Å². The van der Waals surface area contributed by atoms with E-state index in [9.17, 15) is 9.59 Å². The van der Waals surface area contributed by atoms with Gasteiger partial charge in [-0.3, -0.25) is 9.59 Å². The third-order valence-corrected chi connectivity index (χ3v) is 5.45. The van der Waals surface area contributed by atoms with Gasteiger partial charge in [0.1, 0.15) is 5.52 Å². The molecule has 27 heavy (non-hydrogen) atoms. The first kappa shape index (κ1) is 17.8. The van der Waals surface area contributed by atoms with Crippen LogP contribution in [0.4, 0.5) is 0 Å². The number of para-hydroxylation sites is 2. The second-order valence-corrected chi connectivity index (χ2v) is 7.26. The maximum Gasteiger partial charge on any atom is 0.309 e. The van der Waals surface area contributed by atoms with E-state index >= 15 is 0 Å².